The zero-order chi connectivity index (χ0) is 13.8. The van der Waals surface area contributed by atoms with Gasteiger partial charge in [-0.2, -0.15) is 0 Å². The molecule has 1 aromatic heterocycles. The Bertz CT molecular complexity index is 520. The average molecular weight is 350 g/mol. The predicted octanol–water partition coefficient (Wildman–Crippen LogP) is 5.63. The lowest BCUT2D eigenvalue weighted by Crippen LogP contribution is -2.27. The predicted molar refractivity (Wildman–Crippen MR) is 90.1 cm³/mol. The fourth-order valence-electron chi connectivity index (χ4n) is 2.98. The van der Waals surface area contributed by atoms with Gasteiger partial charge in [0.1, 0.15) is 0 Å². The summed E-state index contributed by atoms with van der Waals surface area (Å²) < 4.78 is 1.16. The van der Waals surface area contributed by atoms with E-state index in [4.69, 9.17) is 0 Å². The van der Waals surface area contributed by atoms with E-state index < -0.39 is 0 Å². The van der Waals surface area contributed by atoms with E-state index in [-0.39, 0.29) is 0 Å². The standard InChI is InChI=1S/C17H20BrNS/c18-15-9-7-14(8-10-15)13-19-11-3-1-2-5-16(19)17-6-4-12-20-17/h4,6-10,12,16H,1-3,5,11,13H2/t16-/m0/s1. The maximum Gasteiger partial charge on any atom is 0.0445 e. The molecule has 0 saturated carbocycles. The SMILES string of the molecule is Brc1ccc(CN2CCCCC[C@H]2c2cccs2)cc1. The molecule has 1 aliphatic heterocycles. The van der Waals surface area contributed by atoms with Crippen LogP contribution in [0.1, 0.15) is 42.2 Å². The molecule has 20 heavy (non-hydrogen) atoms. The largest absolute Gasteiger partial charge is 0.291 e. The van der Waals surface area contributed by atoms with Gasteiger partial charge in [0.25, 0.3) is 0 Å². The molecule has 1 atom stereocenters. The van der Waals surface area contributed by atoms with E-state index in [0.29, 0.717) is 6.04 Å². The molecule has 1 aliphatic rings. The first-order valence-corrected chi connectivity index (χ1v) is 9.02. The maximum absolute atomic E-state index is 3.51. The summed E-state index contributed by atoms with van der Waals surface area (Å²) in [5.74, 6) is 0. The maximum atomic E-state index is 3.51. The van der Waals surface area contributed by atoms with Gasteiger partial charge in [-0.25, -0.2) is 0 Å². The van der Waals surface area contributed by atoms with Gasteiger partial charge in [-0.1, -0.05) is 47.0 Å². The second-order valence-electron chi connectivity index (χ2n) is 5.48. The summed E-state index contributed by atoms with van der Waals surface area (Å²) in [6.07, 6.45) is 5.37. The minimum absolute atomic E-state index is 0.612. The van der Waals surface area contributed by atoms with Crippen molar-refractivity contribution in [2.24, 2.45) is 0 Å². The lowest BCUT2D eigenvalue weighted by molar-refractivity contribution is 0.195. The van der Waals surface area contributed by atoms with Crippen molar-refractivity contribution in [2.45, 2.75) is 38.3 Å². The molecule has 1 aromatic carbocycles. The van der Waals surface area contributed by atoms with Crippen LogP contribution in [0.15, 0.2) is 46.3 Å². The van der Waals surface area contributed by atoms with Crippen molar-refractivity contribution in [1.29, 1.82) is 0 Å². The Morgan fingerprint density at radius 1 is 1.10 bits per heavy atom. The van der Waals surface area contributed by atoms with Crippen LogP contribution >= 0.6 is 27.3 Å². The van der Waals surface area contributed by atoms with Crippen molar-refractivity contribution in [1.82, 2.24) is 4.90 Å². The highest BCUT2D eigenvalue weighted by atomic mass is 79.9. The number of rotatable bonds is 3. The molecule has 106 valence electrons. The molecule has 3 heteroatoms. The molecule has 0 radical (unpaired) electrons. The molecule has 1 saturated heterocycles. The molecule has 3 rings (SSSR count). The van der Waals surface area contributed by atoms with Gasteiger partial charge in [0.15, 0.2) is 0 Å². The van der Waals surface area contributed by atoms with Crippen molar-refractivity contribution < 1.29 is 0 Å². The Hall–Kier alpha value is -0.640. The molecule has 0 N–H and O–H groups in total. The highest BCUT2D eigenvalue weighted by Crippen LogP contribution is 2.33. The van der Waals surface area contributed by atoms with E-state index in [9.17, 15) is 0 Å². The van der Waals surface area contributed by atoms with Crippen LogP contribution in [0.4, 0.5) is 0 Å². The van der Waals surface area contributed by atoms with Crippen molar-refractivity contribution in [3.8, 4) is 0 Å². The van der Waals surface area contributed by atoms with Crippen LogP contribution in [0.2, 0.25) is 0 Å². The number of nitrogens with zero attached hydrogens (tertiary/aromatic N) is 1. The Balaban J connectivity index is 1.78. The van der Waals surface area contributed by atoms with E-state index in [0.717, 1.165) is 11.0 Å². The lowest BCUT2D eigenvalue weighted by atomic mass is 10.1. The first kappa shape index (κ1) is 14.3. The quantitative estimate of drug-likeness (QED) is 0.694. The number of benzene rings is 1. The molecule has 0 aliphatic carbocycles. The van der Waals surface area contributed by atoms with Gasteiger partial charge >= 0.3 is 0 Å². The van der Waals surface area contributed by atoms with Crippen LogP contribution in [-0.2, 0) is 6.54 Å². The Morgan fingerprint density at radius 3 is 2.70 bits per heavy atom. The number of halogens is 1. The van der Waals surface area contributed by atoms with Crippen LogP contribution in [0.3, 0.4) is 0 Å². The zero-order valence-corrected chi connectivity index (χ0v) is 14.0. The van der Waals surface area contributed by atoms with Gasteiger partial charge in [-0.3, -0.25) is 4.90 Å². The molecular formula is C17H20BrNS. The molecule has 1 fully saturated rings. The van der Waals surface area contributed by atoms with Gasteiger partial charge < -0.3 is 0 Å². The highest BCUT2D eigenvalue weighted by Gasteiger charge is 2.23. The monoisotopic (exact) mass is 349 g/mol. The third-order valence-electron chi connectivity index (χ3n) is 4.03. The van der Waals surface area contributed by atoms with Gasteiger partial charge in [0, 0.05) is 21.9 Å². The third kappa shape index (κ3) is 3.51. The number of likely N-dealkylation sites (tertiary alicyclic amines) is 1. The summed E-state index contributed by atoms with van der Waals surface area (Å²) in [5, 5.41) is 2.21. The normalized spacial score (nSPS) is 20.8. The van der Waals surface area contributed by atoms with Crippen molar-refractivity contribution in [2.75, 3.05) is 6.54 Å². The first-order chi connectivity index (χ1) is 9.83. The van der Waals surface area contributed by atoms with Crippen LogP contribution in [0.5, 0.6) is 0 Å². The molecule has 2 aromatic rings. The van der Waals surface area contributed by atoms with Gasteiger partial charge in [0.2, 0.25) is 0 Å². The van der Waals surface area contributed by atoms with Gasteiger partial charge in [0.05, 0.1) is 0 Å². The van der Waals surface area contributed by atoms with E-state index in [2.05, 4.69) is 62.6 Å². The van der Waals surface area contributed by atoms with Gasteiger partial charge in [-0.15, -0.1) is 11.3 Å². The van der Waals surface area contributed by atoms with Crippen LogP contribution in [0, 0.1) is 0 Å². The third-order valence-corrected chi connectivity index (χ3v) is 5.54. The summed E-state index contributed by atoms with van der Waals surface area (Å²) in [6.45, 7) is 2.29. The second-order valence-corrected chi connectivity index (χ2v) is 7.37. The number of hydrogen-bond donors (Lipinski definition) is 0. The average Bonchev–Trinajstić information content (AvgIpc) is 2.89. The minimum atomic E-state index is 0.612. The van der Waals surface area contributed by atoms with E-state index in [1.54, 1.807) is 0 Å². The minimum Gasteiger partial charge on any atom is -0.291 e. The smallest absolute Gasteiger partial charge is 0.0445 e. The van der Waals surface area contributed by atoms with Crippen molar-refractivity contribution in [3.05, 3.63) is 56.7 Å². The van der Waals surface area contributed by atoms with E-state index in [1.807, 2.05) is 11.3 Å². The van der Waals surface area contributed by atoms with Crippen LogP contribution < -0.4 is 0 Å². The highest BCUT2D eigenvalue weighted by molar-refractivity contribution is 9.10. The molecule has 0 spiro atoms. The summed E-state index contributed by atoms with van der Waals surface area (Å²) >= 11 is 5.42. The molecule has 0 bridgehead atoms. The Kier molecular flexibility index (Phi) is 4.92. The fraction of sp³-hybridized carbons (Fsp3) is 0.412. The second kappa shape index (κ2) is 6.88. The van der Waals surface area contributed by atoms with Crippen molar-refractivity contribution in [3.63, 3.8) is 0 Å². The molecule has 0 unspecified atom stereocenters. The Labute approximate surface area is 133 Å². The first-order valence-electron chi connectivity index (χ1n) is 7.35. The molecular weight excluding hydrogens is 330 g/mol. The number of thiophene rings is 1. The number of hydrogen-bond acceptors (Lipinski definition) is 2. The Morgan fingerprint density at radius 2 is 1.95 bits per heavy atom. The summed E-state index contributed by atoms with van der Waals surface area (Å²) in [4.78, 5) is 4.20. The van der Waals surface area contributed by atoms with E-state index in [1.165, 1.54) is 42.7 Å². The van der Waals surface area contributed by atoms with Crippen LogP contribution in [-0.4, -0.2) is 11.4 Å². The van der Waals surface area contributed by atoms with Crippen molar-refractivity contribution >= 4 is 27.3 Å². The molecule has 1 nitrogen and oxygen atoms in total. The summed E-state index contributed by atoms with van der Waals surface area (Å²) in [5.41, 5.74) is 1.41. The molecule has 0 amide bonds. The fourth-order valence-corrected chi connectivity index (χ4v) is 4.14. The lowest BCUT2D eigenvalue weighted by Gasteiger charge is -2.29. The van der Waals surface area contributed by atoms with Gasteiger partial charge in [-0.05, 0) is 48.5 Å². The van der Waals surface area contributed by atoms with Crippen LogP contribution in [0.25, 0.3) is 0 Å². The van der Waals surface area contributed by atoms with E-state index >= 15 is 0 Å². The summed E-state index contributed by atoms with van der Waals surface area (Å²) in [6, 6.07) is 13.9. The summed E-state index contributed by atoms with van der Waals surface area (Å²) in [7, 11) is 0. The topological polar surface area (TPSA) is 3.24 Å². The zero-order valence-electron chi connectivity index (χ0n) is 11.6. The molecule has 2 heterocycles.